The van der Waals surface area contributed by atoms with Crippen LogP contribution < -0.4 is 10.1 Å². The first-order valence-electron chi connectivity index (χ1n) is 17.4. The van der Waals surface area contributed by atoms with Crippen LogP contribution in [-0.4, -0.2) is 37.9 Å². The zero-order valence-electron chi connectivity index (χ0n) is 27.0. The molecule has 1 amide bonds. The summed E-state index contributed by atoms with van der Waals surface area (Å²) in [6, 6.07) is 8.13. The molecule has 1 aromatic carbocycles. The van der Waals surface area contributed by atoms with Gasteiger partial charge in [0, 0.05) is 6.42 Å². The van der Waals surface area contributed by atoms with Gasteiger partial charge in [0.15, 0.2) is 0 Å². The molecule has 1 aliphatic rings. The van der Waals surface area contributed by atoms with Crippen molar-refractivity contribution in [3.8, 4) is 5.75 Å². The van der Waals surface area contributed by atoms with Gasteiger partial charge in [-0.25, -0.2) is 4.79 Å². The molecule has 0 aromatic heterocycles. The van der Waals surface area contributed by atoms with Crippen molar-refractivity contribution in [2.24, 2.45) is 5.92 Å². The van der Waals surface area contributed by atoms with Crippen LogP contribution in [-0.2, 0) is 20.7 Å². The van der Waals surface area contributed by atoms with Crippen molar-refractivity contribution in [2.75, 3.05) is 19.8 Å². The topological polar surface area (TPSA) is 73.9 Å². The maximum Gasteiger partial charge on any atom is 0.407 e. The predicted molar refractivity (Wildman–Crippen MR) is 172 cm³/mol. The fourth-order valence-electron chi connectivity index (χ4n) is 5.96. The van der Waals surface area contributed by atoms with Crippen LogP contribution in [0.3, 0.4) is 0 Å². The van der Waals surface area contributed by atoms with Crippen molar-refractivity contribution < 1.29 is 23.8 Å². The molecule has 0 heterocycles. The first kappa shape index (κ1) is 36.0. The van der Waals surface area contributed by atoms with Crippen LogP contribution in [0.15, 0.2) is 24.3 Å². The number of rotatable bonds is 24. The zero-order chi connectivity index (χ0) is 30.1. The lowest BCUT2D eigenvalue weighted by Crippen LogP contribution is -2.31. The number of carbonyl (C=O) groups is 2. The minimum atomic E-state index is -0.422. The number of hydrogen-bond acceptors (Lipinski definition) is 5. The number of amides is 1. The van der Waals surface area contributed by atoms with E-state index in [2.05, 4.69) is 24.4 Å². The van der Waals surface area contributed by atoms with E-state index in [-0.39, 0.29) is 12.1 Å². The van der Waals surface area contributed by atoms with Crippen LogP contribution in [0.25, 0.3) is 0 Å². The maximum atomic E-state index is 12.6. The summed E-state index contributed by atoms with van der Waals surface area (Å²) in [7, 11) is 0. The summed E-state index contributed by atoms with van der Waals surface area (Å²) in [5.74, 6) is 1.14. The SMILES string of the molecule is CCCCCCCCCCCCCCCCCC(=O)O[C@H]1CCCC[C@H]1Cc1ccc(OCCNC(=O)OCC)cc1. The molecule has 0 bridgehead atoms. The Labute approximate surface area is 257 Å². The Kier molecular flexibility index (Phi) is 20.7. The molecular formula is C36H61NO5. The summed E-state index contributed by atoms with van der Waals surface area (Å²) in [5.41, 5.74) is 1.24. The number of benzene rings is 1. The van der Waals surface area contributed by atoms with E-state index in [1.165, 1.54) is 95.5 Å². The van der Waals surface area contributed by atoms with Crippen LogP contribution in [0, 0.1) is 5.92 Å². The Balaban J connectivity index is 1.52. The average molecular weight is 588 g/mol. The summed E-state index contributed by atoms with van der Waals surface area (Å²) in [6.45, 7) is 5.20. The molecule has 240 valence electrons. The van der Waals surface area contributed by atoms with Gasteiger partial charge in [-0.15, -0.1) is 0 Å². The Morgan fingerprint density at radius 2 is 1.33 bits per heavy atom. The second-order valence-electron chi connectivity index (χ2n) is 12.1. The van der Waals surface area contributed by atoms with Crippen LogP contribution in [0.4, 0.5) is 4.79 Å². The number of esters is 1. The second-order valence-corrected chi connectivity index (χ2v) is 12.1. The third kappa shape index (κ3) is 17.7. The van der Waals surface area contributed by atoms with E-state index < -0.39 is 6.09 Å². The van der Waals surface area contributed by atoms with Crippen molar-refractivity contribution in [2.45, 2.75) is 155 Å². The molecule has 2 rings (SSSR count). The molecular weight excluding hydrogens is 526 g/mol. The molecule has 0 spiro atoms. The van der Waals surface area contributed by atoms with E-state index in [1.54, 1.807) is 6.92 Å². The fraction of sp³-hybridized carbons (Fsp3) is 0.778. The molecule has 0 unspecified atom stereocenters. The number of alkyl carbamates (subject to hydrolysis) is 1. The van der Waals surface area contributed by atoms with Gasteiger partial charge in [-0.3, -0.25) is 4.79 Å². The number of carbonyl (C=O) groups excluding carboxylic acids is 2. The number of ether oxygens (including phenoxy) is 3. The van der Waals surface area contributed by atoms with Gasteiger partial charge < -0.3 is 19.5 Å². The fourth-order valence-corrected chi connectivity index (χ4v) is 5.96. The van der Waals surface area contributed by atoms with Gasteiger partial charge in [-0.1, -0.05) is 115 Å². The normalized spacial score (nSPS) is 16.6. The third-order valence-corrected chi connectivity index (χ3v) is 8.44. The summed E-state index contributed by atoms with van der Waals surface area (Å²) >= 11 is 0. The molecule has 6 heteroatoms. The zero-order valence-corrected chi connectivity index (χ0v) is 27.0. The Hall–Kier alpha value is -2.24. The minimum absolute atomic E-state index is 0.0123. The van der Waals surface area contributed by atoms with E-state index in [4.69, 9.17) is 14.2 Å². The molecule has 6 nitrogen and oxygen atoms in total. The van der Waals surface area contributed by atoms with E-state index in [0.29, 0.717) is 32.1 Å². The summed E-state index contributed by atoms with van der Waals surface area (Å²) in [4.78, 5) is 23.9. The van der Waals surface area contributed by atoms with Crippen molar-refractivity contribution in [1.82, 2.24) is 5.32 Å². The lowest BCUT2D eigenvalue weighted by Gasteiger charge is -2.31. The number of nitrogens with one attached hydrogen (secondary N) is 1. The highest BCUT2D eigenvalue weighted by atomic mass is 16.5. The van der Waals surface area contributed by atoms with Gasteiger partial charge in [-0.05, 0) is 62.6 Å². The lowest BCUT2D eigenvalue weighted by atomic mass is 9.82. The van der Waals surface area contributed by atoms with Gasteiger partial charge >= 0.3 is 12.1 Å². The molecule has 0 saturated heterocycles. The monoisotopic (exact) mass is 587 g/mol. The molecule has 42 heavy (non-hydrogen) atoms. The molecule has 1 fully saturated rings. The van der Waals surface area contributed by atoms with Crippen molar-refractivity contribution >= 4 is 12.1 Å². The predicted octanol–water partition coefficient (Wildman–Crippen LogP) is 9.72. The van der Waals surface area contributed by atoms with Gasteiger partial charge in [0.1, 0.15) is 18.5 Å². The molecule has 1 aromatic rings. The number of hydrogen-bond donors (Lipinski definition) is 1. The molecule has 1 N–H and O–H groups in total. The molecule has 1 aliphatic carbocycles. The lowest BCUT2D eigenvalue weighted by molar-refractivity contribution is -0.153. The smallest absolute Gasteiger partial charge is 0.407 e. The van der Waals surface area contributed by atoms with Crippen molar-refractivity contribution in [1.29, 1.82) is 0 Å². The van der Waals surface area contributed by atoms with Crippen LogP contribution in [0.1, 0.15) is 148 Å². The van der Waals surface area contributed by atoms with Crippen LogP contribution in [0.5, 0.6) is 5.75 Å². The van der Waals surface area contributed by atoms with Gasteiger partial charge in [0.25, 0.3) is 0 Å². The van der Waals surface area contributed by atoms with Crippen molar-refractivity contribution in [3.05, 3.63) is 29.8 Å². The van der Waals surface area contributed by atoms with Crippen LogP contribution >= 0.6 is 0 Å². The summed E-state index contributed by atoms with van der Waals surface area (Å²) in [5, 5.41) is 2.65. The first-order valence-corrected chi connectivity index (χ1v) is 17.4. The molecule has 0 aliphatic heterocycles. The van der Waals surface area contributed by atoms with Crippen LogP contribution in [0.2, 0.25) is 0 Å². The number of unbranched alkanes of at least 4 members (excludes halogenated alkanes) is 14. The summed E-state index contributed by atoms with van der Waals surface area (Å²) in [6.07, 6.45) is 25.5. The van der Waals surface area contributed by atoms with Crippen molar-refractivity contribution in [3.63, 3.8) is 0 Å². The molecule has 2 atom stereocenters. The third-order valence-electron chi connectivity index (χ3n) is 8.44. The highest BCUT2D eigenvalue weighted by molar-refractivity contribution is 5.69. The van der Waals surface area contributed by atoms with Gasteiger partial charge in [0.2, 0.25) is 0 Å². The minimum Gasteiger partial charge on any atom is -0.492 e. The Morgan fingerprint density at radius 1 is 0.762 bits per heavy atom. The second kappa shape index (κ2) is 24.2. The van der Waals surface area contributed by atoms with Gasteiger partial charge in [0.05, 0.1) is 13.2 Å². The maximum absolute atomic E-state index is 12.6. The quantitative estimate of drug-likeness (QED) is 0.0962. The molecule has 1 saturated carbocycles. The largest absolute Gasteiger partial charge is 0.492 e. The van der Waals surface area contributed by atoms with Gasteiger partial charge in [-0.2, -0.15) is 0 Å². The standard InChI is InChI=1S/C36H61NO5/c1-3-5-6-7-8-9-10-11-12-13-14-15-16-17-18-23-35(38)42-34-22-20-19-21-32(34)30-31-24-26-33(27-25-31)41-29-28-37-36(39)40-4-2/h24-27,32,34H,3-23,28-30H2,1-2H3,(H,37,39)/t32-,34-/m0/s1. The van der Waals surface area contributed by atoms with E-state index in [1.807, 2.05) is 12.1 Å². The van der Waals surface area contributed by atoms with E-state index >= 15 is 0 Å². The molecule has 0 radical (unpaired) electrons. The van der Waals surface area contributed by atoms with E-state index in [9.17, 15) is 9.59 Å². The Bertz CT molecular complexity index is 812. The summed E-state index contributed by atoms with van der Waals surface area (Å²) < 4.78 is 16.6. The average Bonchev–Trinajstić information content (AvgIpc) is 2.99. The highest BCUT2D eigenvalue weighted by Gasteiger charge is 2.28. The van der Waals surface area contributed by atoms with E-state index in [0.717, 1.165) is 44.3 Å². The Morgan fingerprint density at radius 3 is 1.93 bits per heavy atom. The first-order chi connectivity index (χ1) is 20.6. The highest BCUT2D eigenvalue weighted by Crippen LogP contribution is 2.31.